The van der Waals surface area contributed by atoms with Gasteiger partial charge in [0.2, 0.25) is 5.54 Å². The van der Waals surface area contributed by atoms with Gasteiger partial charge in [0.1, 0.15) is 0 Å². The van der Waals surface area contributed by atoms with Crippen LogP contribution in [0.15, 0.2) is 30.3 Å². The zero-order valence-corrected chi connectivity index (χ0v) is 13.5. The molecule has 7 heteroatoms. The standard InChI is InChI=1S/C17H22F3N3O/c1-16(15(21)24,17(18,19)20)23(12-5-3-2-4-6-12)14-8-7-11-9-22-10-13(11)14/h2-6,11,13-14,22H,7-10H2,1H3,(H2,21,24)/t11?,13?,14?,16-/m0/s1. The van der Waals surface area contributed by atoms with E-state index >= 15 is 0 Å². The molecule has 1 heterocycles. The highest BCUT2D eigenvalue weighted by atomic mass is 19.4. The summed E-state index contributed by atoms with van der Waals surface area (Å²) in [5.41, 5.74) is 2.93. The van der Waals surface area contributed by atoms with E-state index in [-0.39, 0.29) is 12.0 Å². The molecule has 0 aromatic heterocycles. The van der Waals surface area contributed by atoms with E-state index in [2.05, 4.69) is 5.32 Å². The first-order valence-electron chi connectivity index (χ1n) is 8.18. The van der Waals surface area contributed by atoms with Gasteiger partial charge in [0.25, 0.3) is 5.91 Å². The molecule has 0 spiro atoms. The minimum Gasteiger partial charge on any atom is -0.367 e. The molecule has 1 saturated carbocycles. The summed E-state index contributed by atoms with van der Waals surface area (Å²) >= 11 is 0. The minimum atomic E-state index is -4.77. The summed E-state index contributed by atoms with van der Waals surface area (Å²) in [4.78, 5) is 13.2. The number of carbonyl (C=O) groups is 1. The Morgan fingerprint density at radius 3 is 2.46 bits per heavy atom. The van der Waals surface area contributed by atoms with Crippen molar-refractivity contribution < 1.29 is 18.0 Å². The summed E-state index contributed by atoms with van der Waals surface area (Å²) in [5.74, 6) is -0.925. The van der Waals surface area contributed by atoms with Crippen LogP contribution in [0.4, 0.5) is 18.9 Å². The zero-order chi connectivity index (χ0) is 17.5. The predicted octanol–water partition coefficient (Wildman–Crippen LogP) is 2.30. The third-order valence-electron chi connectivity index (χ3n) is 5.60. The van der Waals surface area contributed by atoms with Crippen LogP contribution in [-0.4, -0.2) is 36.8 Å². The van der Waals surface area contributed by atoms with Gasteiger partial charge in [0, 0.05) is 18.3 Å². The number of carbonyl (C=O) groups excluding carboxylic acids is 1. The van der Waals surface area contributed by atoms with Crippen molar-refractivity contribution in [3.8, 4) is 0 Å². The highest BCUT2D eigenvalue weighted by Gasteiger charge is 2.62. The number of halogens is 3. The van der Waals surface area contributed by atoms with E-state index < -0.39 is 17.6 Å². The second-order valence-corrected chi connectivity index (χ2v) is 6.87. The number of amides is 1. The number of hydrogen-bond donors (Lipinski definition) is 2. The highest BCUT2D eigenvalue weighted by Crippen LogP contribution is 2.46. The van der Waals surface area contributed by atoms with E-state index in [4.69, 9.17) is 5.73 Å². The van der Waals surface area contributed by atoms with E-state index in [0.717, 1.165) is 19.9 Å². The summed E-state index contributed by atoms with van der Waals surface area (Å²) in [6.45, 7) is 2.40. The van der Waals surface area contributed by atoms with Crippen molar-refractivity contribution in [1.29, 1.82) is 0 Å². The molecule has 1 saturated heterocycles. The van der Waals surface area contributed by atoms with E-state index in [0.29, 0.717) is 24.6 Å². The van der Waals surface area contributed by atoms with Gasteiger partial charge in [0.05, 0.1) is 0 Å². The minimum absolute atomic E-state index is 0.0891. The number of rotatable bonds is 4. The van der Waals surface area contributed by atoms with E-state index in [9.17, 15) is 18.0 Å². The topological polar surface area (TPSA) is 58.4 Å². The van der Waals surface area contributed by atoms with Gasteiger partial charge in [0.15, 0.2) is 0 Å². The second kappa shape index (κ2) is 5.95. The number of anilines is 1. The van der Waals surface area contributed by atoms with Crippen LogP contribution in [0, 0.1) is 11.8 Å². The van der Waals surface area contributed by atoms with Gasteiger partial charge in [-0.25, -0.2) is 0 Å². The van der Waals surface area contributed by atoms with Crippen LogP contribution >= 0.6 is 0 Å². The lowest BCUT2D eigenvalue weighted by atomic mass is 9.89. The van der Waals surface area contributed by atoms with Crippen LogP contribution in [-0.2, 0) is 4.79 Å². The molecule has 1 aliphatic heterocycles. The molecule has 4 nitrogen and oxygen atoms in total. The molecule has 2 aliphatic rings. The van der Waals surface area contributed by atoms with E-state index in [1.54, 1.807) is 30.3 Å². The average Bonchev–Trinajstić information content (AvgIpc) is 3.11. The highest BCUT2D eigenvalue weighted by molar-refractivity contribution is 5.89. The molecule has 132 valence electrons. The van der Waals surface area contributed by atoms with Crippen LogP contribution in [0.2, 0.25) is 0 Å². The lowest BCUT2D eigenvalue weighted by Crippen LogP contribution is -2.68. The summed E-state index contributed by atoms with van der Waals surface area (Å²) in [5, 5.41) is 3.26. The maximum absolute atomic E-state index is 13.9. The molecule has 3 N–H and O–H groups in total. The molecular formula is C17H22F3N3O. The largest absolute Gasteiger partial charge is 0.420 e. The summed E-state index contributed by atoms with van der Waals surface area (Å²) in [6, 6.07) is 7.96. The molecule has 2 fully saturated rings. The molecular weight excluding hydrogens is 319 g/mol. The molecule has 1 aliphatic carbocycles. The smallest absolute Gasteiger partial charge is 0.367 e. The zero-order valence-electron chi connectivity index (χ0n) is 13.5. The lowest BCUT2D eigenvalue weighted by Gasteiger charge is -2.46. The van der Waals surface area contributed by atoms with Crippen molar-refractivity contribution in [2.24, 2.45) is 17.6 Å². The quantitative estimate of drug-likeness (QED) is 0.883. The van der Waals surface area contributed by atoms with Crippen molar-refractivity contribution >= 4 is 11.6 Å². The average molecular weight is 341 g/mol. The number of para-hydroxylation sites is 1. The number of benzene rings is 1. The van der Waals surface area contributed by atoms with Crippen molar-refractivity contribution in [1.82, 2.24) is 5.32 Å². The molecule has 1 aromatic rings. The Morgan fingerprint density at radius 2 is 1.88 bits per heavy atom. The number of hydrogen-bond acceptors (Lipinski definition) is 3. The van der Waals surface area contributed by atoms with Gasteiger partial charge < -0.3 is 16.0 Å². The Balaban J connectivity index is 2.10. The van der Waals surface area contributed by atoms with Crippen LogP contribution in [0.1, 0.15) is 19.8 Å². The molecule has 1 amide bonds. The SMILES string of the molecule is C[C@@](C(N)=O)(N(c1ccccc1)C1CCC2CNCC21)C(F)(F)F. The van der Waals surface area contributed by atoms with Gasteiger partial charge in [-0.3, -0.25) is 4.79 Å². The van der Waals surface area contributed by atoms with Crippen LogP contribution in [0.3, 0.4) is 0 Å². The first-order chi connectivity index (χ1) is 11.3. The summed E-state index contributed by atoms with van der Waals surface area (Å²) < 4.78 is 41.8. The third-order valence-corrected chi connectivity index (χ3v) is 5.60. The van der Waals surface area contributed by atoms with Gasteiger partial charge in [-0.1, -0.05) is 18.2 Å². The number of primary amides is 1. The maximum atomic E-state index is 13.9. The van der Waals surface area contributed by atoms with Gasteiger partial charge >= 0.3 is 6.18 Å². The van der Waals surface area contributed by atoms with Gasteiger partial charge in [-0.05, 0) is 50.3 Å². The third kappa shape index (κ3) is 2.55. The first kappa shape index (κ1) is 17.1. The van der Waals surface area contributed by atoms with Crippen molar-refractivity contribution in [2.45, 2.75) is 37.5 Å². The van der Waals surface area contributed by atoms with Crippen molar-refractivity contribution in [3.05, 3.63) is 30.3 Å². The molecule has 3 unspecified atom stereocenters. The molecule has 0 radical (unpaired) electrons. The maximum Gasteiger partial charge on any atom is 0.420 e. The molecule has 4 atom stereocenters. The fourth-order valence-corrected chi connectivity index (χ4v) is 4.20. The van der Waals surface area contributed by atoms with Crippen LogP contribution in [0.25, 0.3) is 0 Å². The fourth-order valence-electron chi connectivity index (χ4n) is 4.20. The Morgan fingerprint density at radius 1 is 1.21 bits per heavy atom. The molecule has 3 rings (SSSR count). The van der Waals surface area contributed by atoms with Crippen LogP contribution < -0.4 is 16.0 Å². The number of fused-ring (bicyclic) bond motifs is 1. The number of nitrogens with two attached hydrogens (primary N) is 1. The molecule has 1 aromatic carbocycles. The van der Waals surface area contributed by atoms with E-state index in [1.807, 2.05) is 0 Å². The second-order valence-electron chi connectivity index (χ2n) is 6.87. The van der Waals surface area contributed by atoms with Gasteiger partial charge in [-0.15, -0.1) is 0 Å². The number of nitrogens with zero attached hydrogens (tertiary/aromatic N) is 1. The normalized spacial score (nSPS) is 29.1. The van der Waals surface area contributed by atoms with Crippen molar-refractivity contribution in [3.63, 3.8) is 0 Å². The Labute approximate surface area is 139 Å². The number of nitrogens with one attached hydrogen (secondary N) is 1. The molecule has 24 heavy (non-hydrogen) atoms. The first-order valence-corrected chi connectivity index (χ1v) is 8.18. The van der Waals surface area contributed by atoms with Crippen LogP contribution in [0.5, 0.6) is 0 Å². The lowest BCUT2D eigenvalue weighted by molar-refractivity contribution is -0.188. The fraction of sp³-hybridized carbons (Fsp3) is 0.588. The molecule has 0 bridgehead atoms. The summed E-state index contributed by atoms with van der Waals surface area (Å²) in [7, 11) is 0. The Kier molecular flexibility index (Phi) is 4.23. The van der Waals surface area contributed by atoms with Crippen molar-refractivity contribution in [2.75, 3.05) is 18.0 Å². The van der Waals surface area contributed by atoms with Gasteiger partial charge in [-0.2, -0.15) is 13.2 Å². The monoisotopic (exact) mass is 341 g/mol. The Bertz CT molecular complexity index is 607. The summed E-state index contributed by atoms with van der Waals surface area (Å²) in [6.07, 6.45) is -3.28. The Hall–Kier alpha value is -1.76. The van der Waals surface area contributed by atoms with E-state index in [1.165, 1.54) is 4.90 Å². The predicted molar refractivity (Wildman–Crippen MR) is 85.4 cm³/mol. The number of alkyl halides is 3.